The first kappa shape index (κ1) is 106. The summed E-state index contributed by atoms with van der Waals surface area (Å²) in [6, 6.07) is 6.33. The third kappa shape index (κ3) is 59.9. The number of hydrogen-bond donors (Lipinski definition) is 10. The highest BCUT2D eigenvalue weighted by atomic mass is 32.2. The number of rotatable bonds is 60. The number of benzene rings is 1. The predicted molar refractivity (Wildman–Crippen MR) is 440 cm³/mol. The summed E-state index contributed by atoms with van der Waals surface area (Å²) in [5.41, 5.74) is 9.87. The maximum absolute atomic E-state index is 12.3. The van der Waals surface area contributed by atoms with Crippen LogP contribution in [0.4, 0.5) is 0 Å². The second kappa shape index (κ2) is 60.7. The molecule has 16 unspecified atom stereocenters. The van der Waals surface area contributed by atoms with Crippen LogP contribution in [-0.2, 0) is 14.3 Å². The van der Waals surface area contributed by atoms with Gasteiger partial charge in [-0.15, -0.1) is 0 Å². The highest BCUT2D eigenvalue weighted by molar-refractivity contribution is 7.86. The molecular weight excluding hydrogens is 1330 g/mol. The third-order valence-electron chi connectivity index (χ3n) is 22.3. The van der Waals surface area contributed by atoms with Crippen LogP contribution >= 0.6 is 0 Å². The second-order valence-electron chi connectivity index (χ2n) is 36.3. The van der Waals surface area contributed by atoms with E-state index in [1.165, 1.54) is 166 Å². The van der Waals surface area contributed by atoms with Gasteiger partial charge in [0, 0.05) is 11.5 Å². The van der Waals surface area contributed by atoms with E-state index in [9.17, 15) is 49.3 Å². The van der Waals surface area contributed by atoms with Crippen LogP contribution in [0.3, 0.4) is 0 Å². The van der Waals surface area contributed by atoms with E-state index in [2.05, 4.69) is 121 Å². The van der Waals surface area contributed by atoms with E-state index in [0.717, 1.165) is 104 Å². The van der Waals surface area contributed by atoms with Gasteiger partial charge in [-0.25, -0.2) is 0 Å². The van der Waals surface area contributed by atoms with E-state index in [1.807, 2.05) is 6.92 Å². The molecule has 0 saturated heterocycles. The zero-order valence-corrected chi connectivity index (χ0v) is 72.2. The minimum Gasteiger partial charge on any atom is -0.394 e. The molecule has 0 aliphatic carbocycles. The van der Waals surface area contributed by atoms with Crippen LogP contribution in [0.2, 0.25) is 0 Å². The van der Waals surface area contributed by atoms with Crippen molar-refractivity contribution in [3.05, 3.63) is 40.3 Å². The Kier molecular flexibility index (Phi) is 62.0. The molecule has 1 aromatic rings. The molecule has 16 atom stereocenters. The number of nitrogens with two attached hydrogens (primary N) is 1. The fraction of sp³-hybridized carbons (Fsp3) is 0.931. The molecule has 620 valence electrons. The fourth-order valence-corrected chi connectivity index (χ4v) is 14.6. The Morgan fingerprint density at radius 1 is 0.394 bits per heavy atom. The van der Waals surface area contributed by atoms with Crippen LogP contribution in [-0.4, -0.2) is 127 Å². The van der Waals surface area contributed by atoms with Gasteiger partial charge >= 0.3 is 0 Å². The van der Waals surface area contributed by atoms with E-state index >= 15 is 0 Å². The maximum Gasteiger partial charge on any atom is 0.297 e. The Balaban J connectivity index is -0.00000132. The largest absolute Gasteiger partial charge is 0.394 e. The summed E-state index contributed by atoms with van der Waals surface area (Å²) in [7, 11) is -3.97. The zero-order chi connectivity index (χ0) is 80.1. The van der Waals surface area contributed by atoms with Crippen molar-refractivity contribution in [3.8, 4) is 0 Å². The van der Waals surface area contributed by atoms with Gasteiger partial charge in [0.15, 0.2) is 0 Å². The third-order valence-corrected chi connectivity index (χ3v) is 23.6. The molecule has 1 rings (SSSR count). The van der Waals surface area contributed by atoms with Crippen LogP contribution in [0, 0.1) is 77.9 Å². The van der Waals surface area contributed by atoms with Crippen LogP contribution in [0.25, 0.3) is 10.4 Å². The van der Waals surface area contributed by atoms with Crippen molar-refractivity contribution in [3.63, 3.8) is 0 Å². The van der Waals surface area contributed by atoms with Gasteiger partial charge in [-0.05, 0) is 149 Å². The topological polar surface area (TPSA) is 300 Å². The Labute approximate surface area is 642 Å². The highest BCUT2D eigenvalue weighted by Gasteiger charge is 2.34. The molecule has 0 aliphatic rings. The summed E-state index contributed by atoms with van der Waals surface area (Å²) in [6.07, 6.45) is 37.2. The van der Waals surface area contributed by atoms with Gasteiger partial charge < -0.3 is 51.7 Å². The number of nitrogens with zero attached hydrogens (tertiary/aromatic N) is 3. The normalized spacial score (nSPS) is 17.9. The molecule has 17 heteroatoms. The first-order chi connectivity index (χ1) is 48.4. The van der Waals surface area contributed by atoms with Gasteiger partial charge in [-0.1, -0.05) is 339 Å². The van der Waals surface area contributed by atoms with E-state index < -0.39 is 63.5 Å². The molecule has 0 heterocycles. The summed E-state index contributed by atoms with van der Waals surface area (Å²) in [5.74, 6) is 9.12. The predicted octanol–water partition coefficient (Wildman–Crippen LogP) is 21.1. The van der Waals surface area contributed by atoms with Gasteiger partial charge in [-0.2, -0.15) is 8.42 Å². The summed E-state index contributed by atoms with van der Waals surface area (Å²) in [6.45, 7) is 44.4. The number of aliphatic hydroxyl groups excluding tert-OH is 5. The standard InChI is InChI=1S/C27H48O5S.C20H41N3O2.C20H43NO2.C20H42O3/c1-21(2)10-7-11-22(3)12-8-13-23(4)14-9-19-27(6,29)26(28)20-32-33(30,31)25-17-15-24(5)16-18-25;1-16(2)9-6-10-17(3)11-7-12-18(4)13-8-14-20(5,25)19(24)15-22-23-21;2*1-16(2)9-6-10-17(3)11-7-12-18(4)13-8-14-20(5,23)19(22)15-21/h15-18,21-23,26,28-29H,7-14,19-20H2,1-6H3;16-19,24-25H,6-15H2,1-5H3;16-19,22-23H,6-15,21H2,1-5H3;16-19,21-23H,6-15H2,1-5H3. The molecule has 0 radical (unpaired) electrons. The molecule has 0 saturated carbocycles. The van der Waals surface area contributed by atoms with Crippen molar-refractivity contribution in [1.82, 2.24) is 0 Å². The quantitative estimate of drug-likeness (QED) is 0.0126. The van der Waals surface area contributed by atoms with Crippen molar-refractivity contribution in [1.29, 1.82) is 0 Å². The lowest BCUT2D eigenvalue weighted by atomic mass is 9.88. The van der Waals surface area contributed by atoms with Crippen molar-refractivity contribution in [2.75, 3.05) is 26.3 Å². The SMILES string of the molecule is CC(C)CCCC(C)CCCC(C)CCCC(C)(O)C(O)CN.CC(C)CCCC(C)CCCC(C)CCCC(C)(O)C(O)CN=[N+]=[N-].CC(C)CCCC(C)CCCC(C)CCCC(C)(O)C(O)CO.Cc1ccc(S(=O)(=O)OCC(O)C(C)(O)CCCC(C)CCCC(C)CCCC(C)C)cc1. The van der Waals surface area contributed by atoms with Gasteiger partial charge in [0.2, 0.25) is 0 Å². The average Bonchev–Trinajstić information content (AvgIpc) is 0.841. The molecule has 16 nitrogen and oxygen atoms in total. The van der Waals surface area contributed by atoms with Crippen molar-refractivity contribution >= 4 is 10.1 Å². The highest BCUT2D eigenvalue weighted by Crippen LogP contribution is 2.30. The maximum atomic E-state index is 12.3. The smallest absolute Gasteiger partial charge is 0.297 e. The molecule has 11 N–H and O–H groups in total. The molecule has 0 fully saturated rings. The number of azide groups is 1. The van der Waals surface area contributed by atoms with Crippen molar-refractivity contribution in [2.24, 2.45) is 81.9 Å². The van der Waals surface area contributed by atoms with E-state index in [-0.39, 0.29) is 24.6 Å². The van der Waals surface area contributed by atoms with E-state index in [4.69, 9.17) is 20.6 Å². The molecule has 0 aliphatic heterocycles. The van der Waals surface area contributed by atoms with Gasteiger partial charge in [0.05, 0.1) is 59.3 Å². The fourth-order valence-electron chi connectivity index (χ4n) is 13.7. The number of aryl methyl sites for hydroxylation is 1. The van der Waals surface area contributed by atoms with Crippen LogP contribution < -0.4 is 5.73 Å². The van der Waals surface area contributed by atoms with Gasteiger partial charge in [0.1, 0.15) is 12.2 Å². The van der Waals surface area contributed by atoms with Crippen LogP contribution in [0.5, 0.6) is 0 Å². The minimum absolute atomic E-state index is 0.0445. The Morgan fingerprint density at radius 3 is 0.865 bits per heavy atom. The summed E-state index contributed by atoms with van der Waals surface area (Å²) < 4.78 is 29.6. The van der Waals surface area contributed by atoms with Crippen molar-refractivity contribution in [2.45, 2.75) is 428 Å². The average molecular weight is 1500 g/mol. The lowest BCUT2D eigenvalue weighted by Crippen LogP contribution is -2.43. The molecule has 0 amide bonds. The molecule has 0 spiro atoms. The molecule has 0 bridgehead atoms. The van der Waals surface area contributed by atoms with E-state index in [1.54, 1.807) is 39.8 Å². The number of aliphatic hydroxyl groups is 9. The Hall–Kier alpha value is -1.96. The summed E-state index contributed by atoms with van der Waals surface area (Å²) in [5, 5.41) is 92.8. The van der Waals surface area contributed by atoms with Gasteiger partial charge in [0.25, 0.3) is 10.1 Å². The van der Waals surface area contributed by atoms with Crippen molar-refractivity contribution < 1.29 is 58.6 Å². The second-order valence-corrected chi connectivity index (χ2v) is 37.9. The summed E-state index contributed by atoms with van der Waals surface area (Å²) in [4.78, 5) is 2.67. The molecule has 0 aromatic heterocycles. The molecule has 104 heavy (non-hydrogen) atoms. The first-order valence-electron chi connectivity index (χ1n) is 42.3. The lowest BCUT2D eigenvalue weighted by Gasteiger charge is -2.29. The number of hydrogen-bond acceptors (Lipinski definition) is 14. The zero-order valence-electron chi connectivity index (χ0n) is 71.4. The first-order valence-corrected chi connectivity index (χ1v) is 43.7. The Morgan fingerprint density at radius 2 is 0.625 bits per heavy atom. The monoisotopic (exact) mass is 1500 g/mol. The van der Waals surface area contributed by atoms with Gasteiger partial charge in [-0.3, -0.25) is 4.18 Å². The van der Waals surface area contributed by atoms with Crippen LogP contribution in [0.1, 0.15) is 375 Å². The lowest BCUT2D eigenvalue weighted by molar-refractivity contribution is -0.0886. The minimum atomic E-state index is -3.97. The van der Waals surface area contributed by atoms with Crippen LogP contribution in [0.15, 0.2) is 34.3 Å². The molecular formula is C87H174N4O12S. The Bertz CT molecular complexity index is 2240. The molecule has 1 aromatic carbocycles. The van der Waals surface area contributed by atoms with E-state index in [0.29, 0.717) is 49.4 Å². The summed E-state index contributed by atoms with van der Waals surface area (Å²) >= 11 is 0.